The van der Waals surface area contributed by atoms with Gasteiger partial charge in [-0.1, -0.05) is 19.1 Å². The van der Waals surface area contributed by atoms with Gasteiger partial charge in [0, 0.05) is 11.7 Å². The van der Waals surface area contributed by atoms with Crippen LogP contribution in [0.1, 0.15) is 42.6 Å². The maximum atomic E-state index is 9.33. The van der Waals surface area contributed by atoms with E-state index in [0.29, 0.717) is 11.8 Å². The molecule has 1 unspecified atom stereocenters. The number of phenols is 1. The summed E-state index contributed by atoms with van der Waals surface area (Å²) in [6.45, 7) is 5.20. The number of aromatic amines is 1. The first-order valence-electron chi connectivity index (χ1n) is 7.22. The second-order valence-corrected chi connectivity index (χ2v) is 5.13. The van der Waals surface area contributed by atoms with Crippen molar-refractivity contribution in [1.82, 2.24) is 15.5 Å². The number of benzene rings is 1. The van der Waals surface area contributed by atoms with Gasteiger partial charge in [-0.3, -0.25) is 5.10 Å². The zero-order chi connectivity index (χ0) is 14.4. The van der Waals surface area contributed by atoms with E-state index in [4.69, 9.17) is 0 Å². The van der Waals surface area contributed by atoms with Gasteiger partial charge >= 0.3 is 0 Å². The van der Waals surface area contributed by atoms with Crippen LogP contribution in [-0.4, -0.2) is 21.8 Å². The van der Waals surface area contributed by atoms with Gasteiger partial charge in [-0.2, -0.15) is 5.10 Å². The Balaban J connectivity index is 1.79. The number of nitrogens with one attached hydrogen (secondary N) is 2. The van der Waals surface area contributed by atoms with Crippen molar-refractivity contribution in [3.8, 4) is 5.75 Å². The van der Waals surface area contributed by atoms with Crippen molar-refractivity contribution in [2.45, 2.75) is 39.2 Å². The van der Waals surface area contributed by atoms with Crippen LogP contribution in [0.2, 0.25) is 0 Å². The van der Waals surface area contributed by atoms with Gasteiger partial charge in [0.1, 0.15) is 5.75 Å². The third-order valence-electron chi connectivity index (χ3n) is 3.65. The number of aryl methyl sites for hydroxylation is 2. The highest BCUT2D eigenvalue weighted by Gasteiger charge is 2.08. The van der Waals surface area contributed by atoms with Crippen LogP contribution >= 0.6 is 0 Å². The quantitative estimate of drug-likeness (QED) is 0.679. The molecule has 0 saturated carbocycles. The Kier molecular flexibility index (Phi) is 5.18. The lowest BCUT2D eigenvalue weighted by Gasteiger charge is -2.17. The predicted octanol–water partition coefficient (Wildman–Crippen LogP) is 3.10. The highest BCUT2D eigenvalue weighted by molar-refractivity contribution is 5.28. The van der Waals surface area contributed by atoms with Crippen LogP contribution in [0.3, 0.4) is 0 Å². The Bertz CT molecular complexity index is 519. The molecule has 0 aliphatic rings. The SMILES string of the molecule is CCC(NCCCc1cn[nH]c1C)c1ccc(O)cc1. The molecule has 0 aliphatic carbocycles. The minimum Gasteiger partial charge on any atom is -0.508 e. The van der Waals surface area contributed by atoms with Crippen LogP contribution in [0.4, 0.5) is 0 Å². The van der Waals surface area contributed by atoms with Gasteiger partial charge in [0.2, 0.25) is 0 Å². The van der Waals surface area contributed by atoms with Gasteiger partial charge in [0.25, 0.3) is 0 Å². The average Bonchev–Trinajstić information content (AvgIpc) is 2.86. The number of hydrogen-bond donors (Lipinski definition) is 3. The third kappa shape index (κ3) is 3.84. The molecule has 2 aromatic rings. The minimum absolute atomic E-state index is 0.319. The molecule has 20 heavy (non-hydrogen) atoms. The van der Waals surface area contributed by atoms with E-state index in [1.807, 2.05) is 18.3 Å². The molecule has 1 heterocycles. The number of nitrogens with zero attached hydrogens (tertiary/aromatic N) is 1. The summed E-state index contributed by atoms with van der Waals surface area (Å²) in [4.78, 5) is 0. The molecule has 0 bridgehead atoms. The van der Waals surface area contributed by atoms with Crippen molar-refractivity contribution in [2.24, 2.45) is 0 Å². The molecule has 0 radical (unpaired) electrons. The summed E-state index contributed by atoms with van der Waals surface area (Å²) in [6, 6.07) is 7.80. The predicted molar refractivity (Wildman–Crippen MR) is 80.8 cm³/mol. The highest BCUT2D eigenvalue weighted by atomic mass is 16.3. The van der Waals surface area contributed by atoms with E-state index in [9.17, 15) is 5.11 Å². The Morgan fingerprint density at radius 3 is 2.65 bits per heavy atom. The summed E-state index contributed by atoms with van der Waals surface area (Å²) in [5, 5.41) is 19.9. The molecule has 0 saturated heterocycles. The van der Waals surface area contributed by atoms with Gasteiger partial charge in [-0.05, 0) is 56.0 Å². The van der Waals surface area contributed by atoms with Crippen LogP contribution in [0, 0.1) is 6.92 Å². The molecule has 0 spiro atoms. The molecule has 0 aliphatic heterocycles. The van der Waals surface area contributed by atoms with E-state index >= 15 is 0 Å². The average molecular weight is 273 g/mol. The molecule has 0 amide bonds. The summed E-state index contributed by atoms with van der Waals surface area (Å²) in [5.41, 5.74) is 3.69. The Labute approximate surface area is 120 Å². The Morgan fingerprint density at radius 2 is 2.05 bits per heavy atom. The number of hydrogen-bond acceptors (Lipinski definition) is 3. The Morgan fingerprint density at radius 1 is 1.30 bits per heavy atom. The monoisotopic (exact) mass is 273 g/mol. The van der Waals surface area contributed by atoms with E-state index in [2.05, 4.69) is 29.4 Å². The van der Waals surface area contributed by atoms with E-state index in [1.54, 1.807) is 12.1 Å². The first-order chi connectivity index (χ1) is 9.70. The normalized spacial score (nSPS) is 12.5. The van der Waals surface area contributed by atoms with Crippen LogP contribution in [0.15, 0.2) is 30.5 Å². The standard InChI is InChI=1S/C16H23N3O/c1-3-16(13-6-8-15(20)9-7-13)17-10-4-5-14-11-18-19-12(14)2/h6-9,11,16-17,20H,3-5,10H2,1-2H3,(H,18,19). The first kappa shape index (κ1) is 14.6. The number of aromatic hydroxyl groups is 1. The molecule has 108 valence electrons. The van der Waals surface area contributed by atoms with Crippen molar-refractivity contribution in [1.29, 1.82) is 0 Å². The fourth-order valence-electron chi connectivity index (χ4n) is 2.39. The second kappa shape index (κ2) is 7.10. The van der Waals surface area contributed by atoms with E-state index < -0.39 is 0 Å². The molecular weight excluding hydrogens is 250 g/mol. The Hall–Kier alpha value is -1.81. The van der Waals surface area contributed by atoms with E-state index in [-0.39, 0.29) is 0 Å². The highest BCUT2D eigenvalue weighted by Crippen LogP contribution is 2.19. The van der Waals surface area contributed by atoms with Gasteiger partial charge in [0.05, 0.1) is 6.20 Å². The summed E-state index contributed by atoms with van der Waals surface area (Å²) < 4.78 is 0. The zero-order valence-electron chi connectivity index (χ0n) is 12.2. The molecule has 3 N–H and O–H groups in total. The topological polar surface area (TPSA) is 60.9 Å². The van der Waals surface area contributed by atoms with Crippen molar-refractivity contribution in [3.05, 3.63) is 47.3 Å². The zero-order valence-corrected chi connectivity index (χ0v) is 12.2. The first-order valence-corrected chi connectivity index (χ1v) is 7.22. The molecule has 1 aromatic carbocycles. The van der Waals surface area contributed by atoms with Crippen LogP contribution in [0.25, 0.3) is 0 Å². The van der Waals surface area contributed by atoms with Gasteiger partial charge in [-0.25, -0.2) is 0 Å². The molecule has 1 atom stereocenters. The molecule has 0 fully saturated rings. The van der Waals surface area contributed by atoms with Crippen LogP contribution in [0.5, 0.6) is 5.75 Å². The van der Waals surface area contributed by atoms with Crippen molar-refractivity contribution >= 4 is 0 Å². The fourth-order valence-corrected chi connectivity index (χ4v) is 2.39. The second-order valence-electron chi connectivity index (χ2n) is 5.13. The maximum Gasteiger partial charge on any atom is 0.115 e. The smallest absolute Gasteiger partial charge is 0.115 e. The van der Waals surface area contributed by atoms with Gasteiger partial charge < -0.3 is 10.4 Å². The van der Waals surface area contributed by atoms with Crippen molar-refractivity contribution in [3.63, 3.8) is 0 Å². The summed E-state index contributed by atoms with van der Waals surface area (Å²) >= 11 is 0. The molecule has 2 rings (SSSR count). The lowest BCUT2D eigenvalue weighted by molar-refractivity contribution is 0.473. The molecular formula is C16H23N3O. The minimum atomic E-state index is 0.319. The lowest BCUT2D eigenvalue weighted by atomic mass is 10.0. The lowest BCUT2D eigenvalue weighted by Crippen LogP contribution is -2.22. The number of rotatable bonds is 7. The van der Waals surface area contributed by atoms with Gasteiger partial charge in [-0.15, -0.1) is 0 Å². The van der Waals surface area contributed by atoms with E-state index in [0.717, 1.165) is 31.5 Å². The van der Waals surface area contributed by atoms with Crippen LogP contribution in [-0.2, 0) is 6.42 Å². The molecule has 4 heteroatoms. The van der Waals surface area contributed by atoms with Gasteiger partial charge in [0.15, 0.2) is 0 Å². The summed E-state index contributed by atoms with van der Waals surface area (Å²) in [7, 11) is 0. The molecule has 1 aromatic heterocycles. The fraction of sp³-hybridized carbons (Fsp3) is 0.438. The largest absolute Gasteiger partial charge is 0.508 e. The number of aromatic nitrogens is 2. The maximum absolute atomic E-state index is 9.33. The van der Waals surface area contributed by atoms with Crippen molar-refractivity contribution in [2.75, 3.05) is 6.54 Å². The molecule has 4 nitrogen and oxygen atoms in total. The summed E-state index contributed by atoms with van der Waals surface area (Å²) in [5.74, 6) is 0.319. The summed E-state index contributed by atoms with van der Waals surface area (Å²) in [6.07, 6.45) is 5.08. The number of H-pyrrole nitrogens is 1. The number of phenolic OH excluding ortho intramolecular Hbond substituents is 1. The van der Waals surface area contributed by atoms with Crippen molar-refractivity contribution < 1.29 is 5.11 Å². The van der Waals surface area contributed by atoms with E-state index in [1.165, 1.54) is 11.1 Å². The van der Waals surface area contributed by atoms with Crippen LogP contribution < -0.4 is 5.32 Å². The third-order valence-corrected chi connectivity index (χ3v) is 3.65.